The third kappa shape index (κ3) is 4.10. The fourth-order valence-corrected chi connectivity index (χ4v) is 4.54. The first-order chi connectivity index (χ1) is 12.8. The Kier molecular flexibility index (Phi) is 5.56. The lowest BCUT2D eigenvalue weighted by atomic mass is 9.92. The zero-order chi connectivity index (χ0) is 17.8. The van der Waals surface area contributed by atoms with Gasteiger partial charge in [-0.05, 0) is 50.7 Å². The molecule has 3 aliphatic rings. The largest absolute Gasteiger partial charge is 0.355 e. The number of rotatable bonds is 4. The first-order valence-corrected chi connectivity index (χ1v) is 10.4. The molecule has 0 aromatic carbocycles. The lowest BCUT2D eigenvalue weighted by Crippen LogP contribution is -2.44. The highest BCUT2D eigenvalue weighted by Crippen LogP contribution is 2.25. The van der Waals surface area contributed by atoms with E-state index >= 15 is 0 Å². The summed E-state index contributed by atoms with van der Waals surface area (Å²) in [6.45, 7) is 3.96. The summed E-state index contributed by atoms with van der Waals surface area (Å²) in [5.41, 5.74) is 0. The average molecular weight is 358 g/mol. The Bertz CT molecular complexity index is 585. The second kappa shape index (κ2) is 8.23. The zero-order valence-corrected chi connectivity index (χ0v) is 15.7. The molecular formula is C20H31N5O. The first-order valence-electron chi connectivity index (χ1n) is 10.4. The number of amides is 1. The van der Waals surface area contributed by atoms with E-state index in [2.05, 4.69) is 37.4 Å². The minimum absolute atomic E-state index is 0.157. The lowest BCUT2D eigenvalue weighted by Gasteiger charge is -2.33. The molecule has 2 aliphatic heterocycles. The van der Waals surface area contributed by atoms with Gasteiger partial charge in [0.1, 0.15) is 0 Å². The molecule has 0 unspecified atom stereocenters. The normalized spacial score (nSPS) is 22.6. The van der Waals surface area contributed by atoms with E-state index in [0.29, 0.717) is 6.04 Å². The summed E-state index contributed by atoms with van der Waals surface area (Å²) in [6, 6.07) is 4.59. The molecule has 1 aromatic rings. The zero-order valence-electron chi connectivity index (χ0n) is 15.7. The van der Waals surface area contributed by atoms with Crippen LogP contribution in [0.4, 0.5) is 11.6 Å². The van der Waals surface area contributed by atoms with Crippen LogP contribution in [-0.4, -0.2) is 48.3 Å². The van der Waals surface area contributed by atoms with Crippen molar-refractivity contribution >= 4 is 17.5 Å². The van der Waals surface area contributed by atoms with Crippen molar-refractivity contribution in [3.8, 4) is 0 Å². The van der Waals surface area contributed by atoms with Gasteiger partial charge in [0, 0.05) is 38.1 Å². The number of hydrogen-bond donors (Lipinski definition) is 1. The topological polar surface area (TPSA) is 61.4 Å². The van der Waals surface area contributed by atoms with E-state index in [-0.39, 0.29) is 11.8 Å². The van der Waals surface area contributed by atoms with E-state index in [0.717, 1.165) is 63.5 Å². The quantitative estimate of drug-likeness (QED) is 0.898. The maximum atomic E-state index is 12.5. The minimum atomic E-state index is 0.157. The summed E-state index contributed by atoms with van der Waals surface area (Å²) in [7, 11) is 0. The van der Waals surface area contributed by atoms with Gasteiger partial charge in [-0.3, -0.25) is 4.79 Å². The van der Waals surface area contributed by atoms with Crippen molar-refractivity contribution < 1.29 is 4.79 Å². The molecule has 1 amide bonds. The summed E-state index contributed by atoms with van der Waals surface area (Å²) in [4.78, 5) is 17.1. The molecule has 142 valence electrons. The van der Waals surface area contributed by atoms with Crippen LogP contribution in [0.2, 0.25) is 0 Å². The molecule has 0 spiro atoms. The van der Waals surface area contributed by atoms with Crippen LogP contribution in [0.15, 0.2) is 12.1 Å². The molecule has 4 rings (SSSR count). The van der Waals surface area contributed by atoms with Gasteiger partial charge in [-0.25, -0.2) is 0 Å². The smallest absolute Gasteiger partial charge is 0.223 e. The maximum absolute atomic E-state index is 12.5. The monoisotopic (exact) mass is 357 g/mol. The average Bonchev–Trinajstić information content (AvgIpc) is 3.24. The highest BCUT2D eigenvalue weighted by Gasteiger charge is 2.27. The molecule has 0 bridgehead atoms. The molecule has 1 aliphatic carbocycles. The third-order valence-electron chi connectivity index (χ3n) is 6.21. The van der Waals surface area contributed by atoms with Gasteiger partial charge in [0.2, 0.25) is 5.91 Å². The predicted molar refractivity (Wildman–Crippen MR) is 103 cm³/mol. The fourth-order valence-electron chi connectivity index (χ4n) is 4.54. The van der Waals surface area contributed by atoms with Crippen molar-refractivity contribution in [1.82, 2.24) is 15.5 Å². The molecule has 2 saturated heterocycles. The Morgan fingerprint density at radius 2 is 1.38 bits per heavy atom. The molecule has 1 aromatic heterocycles. The minimum Gasteiger partial charge on any atom is -0.355 e. The highest BCUT2D eigenvalue weighted by atomic mass is 16.1. The number of hydrogen-bond acceptors (Lipinski definition) is 5. The number of nitrogens with one attached hydrogen (secondary N) is 1. The van der Waals surface area contributed by atoms with E-state index in [1.54, 1.807) is 0 Å². The van der Waals surface area contributed by atoms with Crippen LogP contribution in [0.3, 0.4) is 0 Å². The Morgan fingerprint density at radius 1 is 0.808 bits per heavy atom. The van der Waals surface area contributed by atoms with E-state index in [1.165, 1.54) is 32.1 Å². The second-order valence-electron chi connectivity index (χ2n) is 8.05. The van der Waals surface area contributed by atoms with Crippen molar-refractivity contribution in [3.05, 3.63) is 12.1 Å². The molecule has 3 heterocycles. The molecule has 3 fully saturated rings. The van der Waals surface area contributed by atoms with Gasteiger partial charge < -0.3 is 15.1 Å². The van der Waals surface area contributed by atoms with Gasteiger partial charge in [0.25, 0.3) is 0 Å². The third-order valence-corrected chi connectivity index (χ3v) is 6.21. The van der Waals surface area contributed by atoms with E-state index in [4.69, 9.17) is 0 Å². The SMILES string of the molecule is O=C(NC1CCCCC1)C1CCN(c2ccc(N3CCCC3)nn2)CC1. The van der Waals surface area contributed by atoms with Crippen LogP contribution in [0, 0.1) is 5.92 Å². The molecular weight excluding hydrogens is 326 g/mol. The van der Waals surface area contributed by atoms with Crippen molar-refractivity contribution in [2.24, 2.45) is 5.92 Å². The van der Waals surface area contributed by atoms with Crippen LogP contribution in [0.1, 0.15) is 57.8 Å². The Hall–Kier alpha value is -1.85. The van der Waals surface area contributed by atoms with Crippen LogP contribution < -0.4 is 15.1 Å². The Balaban J connectivity index is 1.27. The van der Waals surface area contributed by atoms with Crippen LogP contribution in [-0.2, 0) is 4.79 Å². The molecule has 1 saturated carbocycles. The van der Waals surface area contributed by atoms with Crippen molar-refractivity contribution in [3.63, 3.8) is 0 Å². The number of nitrogens with zero attached hydrogens (tertiary/aromatic N) is 4. The van der Waals surface area contributed by atoms with Gasteiger partial charge in [-0.1, -0.05) is 19.3 Å². The molecule has 1 N–H and O–H groups in total. The summed E-state index contributed by atoms with van der Waals surface area (Å²) < 4.78 is 0. The van der Waals surface area contributed by atoms with Gasteiger partial charge >= 0.3 is 0 Å². The second-order valence-corrected chi connectivity index (χ2v) is 8.05. The standard InChI is InChI=1S/C20H31N5O/c26-20(21-17-6-2-1-3-7-17)16-10-14-25(15-11-16)19-9-8-18(22-23-19)24-12-4-5-13-24/h8-9,16-17H,1-7,10-15H2,(H,21,26). The Labute approximate surface area is 156 Å². The summed E-state index contributed by atoms with van der Waals surface area (Å²) in [5.74, 6) is 2.36. The predicted octanol–water partition coefficient (Wildman–Crippen LogP) is 2.74. The number of aromatic nitrogens is 2. The molecule has 0 radical (unpaired) electrons. The van der Waals surface area contributed by atoms with Crippen molar-refractivity contribution in [1.29, 1.82) is 0 Å². The van der Waals surface area contributed by atoms with Gasteiger partial charge in [-0.15, -0.1) is 10.2 Å². The number of carbonyl (C=O) groups is 1. The summed E-state index contributed by atoms with van der Waals surface area (Å²) >= 11 is 0. The number of anilines is 2. The summed E-state index contributed by atoms with van der Waals surface area (Å²) in [6.07, 6.45) is 10.5. The number of piperidine rings is 1. The van der Waals surface area contributed by atoms with E-state index in [9.17, 15) is 4.79 Å². The van der Waals surface area contributed by atoms with Crippen molar-refractivity contribution in [2.45, 2.75) is 63.8 Å². The maximum Gasteiger partial charge on any atom is 0.223 e. The first kappa shape index (κ1) is 17.6. The molecule has 26 heavy (non-hydrogen) atoms. The molecule has 6 heteroatoms. The molecule has 0 atom stereocenters. The van der Waals surface area contributed by atoms with E-state index in [1.807, 2.05) is 0 Å². The van der Waals surface area contributed by atoms with Crippen molar-refractivity contribution in [2.75, 3.05) is 36.0 Å². The van der Waals surface area contributed by atoms with Gasteiger partial charge in [-0.2, -0.15) is 0 Å². The Morgan fingerprint density at radius 3 is 1.96 bits per heavy atom. The van der Waals surface area contributed by atoms with Gasteiger partial charge in [0.05, 0.1) is 0 Å². The van der Waals surface area contributed by atoms with E-state index < -0.39 is 0 Å². The van der Waals surface area contributed by atoms with Gasteiger partial charge in [0.15, 0.2) is 11.6 Å². The highest BCUT2D eigenvalue weighted by molar-refractivity contribution is 5.79. The number of carbonyl (C=O) groups excluding carboxylic acids is 1. The lowest BCUT2D eigenvalue weighted by molar-refractivity contribution is -0.126. The fraction of sp³-hybridized carbons (Fsp3) is 0.750. The van der Waals surface area contributed by atoms with Crippen LogP contribution in [0.5, 0.6) is 0 Å². The van der Waals surface area contributed by atoms with Crippen LogP contribution >= 0.6 is 0 Å². The van der Waals surface area contributed by atoms with Crippen LogP contribution in [0.25, 0.3) is 0 Å². The summed E-state index contributed by atoms with van der Waals surface area (Å²) in [5, 5.41) is 12.2. The molecule has 6 nitrogen and oxygen atoms in total.